The average Bonchev–Trinajstić information content (AvgIpc) is 3.36. The van der Waals surface area contributed by atoms with Crippen molar-refractivity contribution >= 4 is 28.6 Å². The highest BCUT2D eigenvalue weighted by Gasteiger charge is 2.29. The Bertz CT molecular complexity index is 668. The smallest absolute Gasteiger partial charge is 0.225 e. The minimum Gasteiger partial charge on any atom is -0.340 e. The first-order valence-corrected chi connectivity index (χ1v) is 10.5. The SMILES string of the molecule is O=C(C1CCCC1)N1CCN(Cc2nc(-c3cccs3)cs2)CC1. The van der Waals surface area contributed by atoms with Gasteiger partial charge in [0.1, 0.15) is 5.01 Å². The third-order valence-electron chi connectivity index (χ3n) is 5.07. The lowest BCUT2D eigenvalue weighted by molar-refractivity contribution is -0.137. The number of carbonyl (C=O) groups is 1. The van der Waals surface area contributed by atoms with Crippen molar-refractivity contribution < 1.29 is 4.79 Å². The van der Waals surface area contributed by atoms with Crippen molar-refractivity contribution in [3.05, 3.63) is 27.9 Å². The quantitative estimate of drug-likeness (QED) is 0.833. The molecule has 24 heavy (non-hydrogen) atoms. The van der Waals surface area contributed by atoms with Gasteiger partial charge in [-0.05, 0) is 24.3 Å². The minimum atomic E-state index is 0.309. The van der Waals surface area contributed by atoms with E-state index in [4.69, 9.17) is 4.98 Å². The van der Waals surface area contributed by atoms with Crippen LogP contribution in [0.15, 0.2) is 22.9 Å². The molecule has 2 fully saturated rings. The lowest BCUT2D eigenvalue weighted by Crippen LogP contribution is -2.49. The lowest BCUT2D eigenvalue weighted by Gasteiger charge is -2.35. The summed E-state index contributed by atoms with van der Waals surface area (Å²) in [6.45, 7) is 4.58. The normalized spacial score (nSPS) is 19.9. The molecule has 1 aliphatic carbocycles. The second-order valence-electron chi connectivity index (χ2n) is 6.69. The van der Waals surface area contributed by atoms with Crippen molar-refractivity contribution in [1.29, 1.82) is 0 Å². The Labute approximate surface area is 151 Å². The molecule has 1 saturated heterocycles. The number of thiophene rings is 1. The van der Waals surface area contributed by atoms with Crippen molar-refractivity contribution in [3.63, 3.8) is 0 Å². The van der Waals surface area contributed by atoms with E-state index in [0.717, 1.165) is 51.3 Å². The van der Waals surface area contributed by atoms with E-state index in [2.05, 4.69) is 32.7 Å². The maximum absolute atomic E-state index is 12.5. The summed E-state index contributed by atoms with van der Waals surface area (Å²) in [5.74, 6) is 0.713. The molecule has 4 rings (SSSR count). The Morgan fingerprint density at radius 1 is 1.17 bits per heavy atom. The summed E-state index contributed by atoms with van der Waals surface area (Å²) in [5, 5.41) is 5.42. The van der Waals surface area contributed by atoms with Gasteiger partial charge in [0.2, 0.25) is 5.91 Å². The average molecular weight is 362 g/mol. The third kappa shape index (κ3) is 3.55. The molecule has 0 unspecified atom stereocenters. The van der Waals surface area contributed by atoms with Crippen LogP contribution in [0.5, 0.6) is 0 Å². The fraction of sp³-hybridized carbons (Fsp3) is 0.556. The van der Waals surface area contributed by atoms with E-state index in [-0.39, 0.29) is 0 Å². The van der Waals surface area contributed by atoms with Crippen LogP contribution >= 0.6 is 22.7 Å². The maximum Gasteiger partial charge on any atom is 0.225 e. The topological polar surface area (TPSA) is 36.4 Å². The molecule has 0 spiro atoms. The van der Waals surface area contributed by atoms with Crippen LogP contribution in [-0.2, 0) is 11.3 Å². The number of amides is 1. The van der Waals surface area contributed by atoms with Crippen LogP contribution in [0.2, 0.25) is 0 Å². The monoisotopic (exact) mass is 361 g/mol. The van der Waals surface area contributed by atoms with E-state index in [1.807, 2.05) is 0 Å². The molecule has 0 N–H and O–H groups in total. The van der Waals surface area contributed by atoms with Crippen LogP contribution in [0.3, 0.4) is 0 Å². The first-order chi connectivity index (χ1) is 11.8. The third-order valence-corrected chi connectivity index (χ3v) is 6.80. The summed E-state index contributed by atoms with van der Waals surface area (Å²) in [6.07, 6.45) is 4.66. The van der Waals surface area contributed by atoms with Gasteiger partial charge in [-0.3, -0.25) is 9.69 Å². The molecule has 0 radical (unpaired) electrons. The van der Waals surface area contributed by atoms with Crippen molar-refractivity contribution in [2.75, 3.05) is 26.2 Å². The molecule has 4 nitrogen and oxygen atoms in total. The second kappa shape index (κ2) is 7.33. The van der Waals surface area contributed by atoms with Crippen LogP contribution in [0, 0.1) is 5.92 Å². The fourth-order valence-corrected chi connectivity index (χ4v) is 5.27. The molecule has 0 aromatic carbocycles. The molecular weight excluding hydrogens is 338 g/mol. The highest BCUT2D eigenvalue weighted by molar-refractivity contribution is 7.14. The fourth-order valence-electron chi connectivity index (χ4n) is 3.67. The van der Waals surface area contributed by atoms with Crippen molar-refractivity contribution in [3.8, 4) is 10.6 Å². The molecule has 2 aromatic heterocycles. The van der Waals surface area contributed by atoms with Crippen molar-refractivity contribution in [2.24, 2.45) is 5.92 Å². The van der Waals surface area contributed by atoms with Gasteiger partial charge < -0.3 is 4.90 Å². The Hall–Kier alpha value is -1.24. The van der Waals surface area contributed by atoms with Crippen LogP contribution in [-0.4, -0.2) is 46.9 Å². The van der Waals surface area contributed by atoms with Crippen LogP contribution < -0.4 is 0 Å². The Morgan fingerprint density at radius 2 is 1.96 bits per heavy atom. The number of carbonyl (C=O) groups excluding carboxylic acids is 1. The number of piperazine rings is 1. The molecule has 0 atom stereocenters. The predicted octanol–water partition coefficient (Wildman–Crippen LogP) is 3.71. The van der Waals surface area contributed by atoms with Crippen LogP contribution in [0.4, 0.5) is 0 Å². The number of nitrogens with zero attached hydrogens (tertiary/aromatic N) is 3. The van der Waals surface area contributed by atoms with Gasteiger partial charge in [-0.2, -0.15) is 0 Å². The molecule has 6 heteroatoms. The van der Waals surface area contributed by atoms with E-state index in [9.17, 15) is 4.79 Å². The summed E-state index contributed by atoms with van der Waals surface area (Å²) in [7, 11) is 0. The van der Waals surface area contributed by atoms with E-state index in [1.165, 1.54) is 22.7 Å². The summed E-state index contributed by atoms with van der Waals surface area (Å²) >= 11 is 3.48. The van der Waals surface area contributed by atoms with Gasteiger partial charge in [-0.15, -0.1) is 22.7 Å². The molecule has 1 aliphatic heterocycles. The summed E-state index contributed by atoms with van der Waals surface area (Å²) in [4.78, 5) is 23.0. The minimum absolute atomic E-state index is 0.309. The highest BCUT2D eigenvalue weighted by Crippen LogP contribution is 2.28. The van der Waals surface area contributed by atoms with E-state index in [0.29, 0.717) is 11.8 Å². The van der Waals surface area contributed by atoms with Gasteiger partial charge in [0.05, 0.1) is 17.1 Å². The largest absolute Gasteiger partial charge is 0.340 e. The predicted molar refractivity (Wildman–Crippen MR) is 99.2 cm³/mol. The number of rotatable bonds is 4. The molecular formula is C18H23N3OS2. The highest BCUT2D eigenvalue weighted by atomic mass is 32.1. The van der Waals surface area contributed by atoms with Crippen molar-refractivity contribution in [1.82, 2.24) is 14.8 Å². The zero-order valence-corrected chi connectivity index (χ0v) is 15.5. The molecule has 1 saturated carbocycles. The first kappa shape index (κ1) is 16.2. The summed E-state index contributed by atoms with van der Waals surface area (Å²) in [6, 6.07) is 4.19. The summed E-state index contributed by atoms with van der Waals surface area (Å²) < 4.78 is 0. The van der Waals surface area contributed by atoms with Gasteiger partial charge in [-0.1, -0.05) is 18.9 Å². The molecule has 2 aliphatic rings. The summed E-state index contributed by atoms with van der Waals surface area (Å²) in [5.41, 5.74) is 1.10. The number of hydrogen-bond acceptors (Lipinski definition) is 5. The molecule has 2 aromatic rings. The number of aromatic nitrogens is 1. The van der Waals surface area contributed by atoms with Crippen LogP contribution in [0.25, 0.3) is 10.6 Å². The van der Waals surface area contributed by atoms with Gasteiger partial charge in [0.15, 0.2) is 0 Å². The number of hydrogen-bond donors (Lipinski definition) is 0. The Morgan fingerprint density at radius 3 is 2.67 bits per heavy atom. The molecule has 3 heterocycles. The maximum atomic E-state index is 12.5. The first-order valence-electron chi connectivity index (χ1n) is 8.79. The van der Waals surface area contributed by atoms with E-state index < -0.39 is 0 Å². The zero-order chi connectivity index (χ0) is 16.4. The number of thiazole rings is 1. The van der Waals surface area contributed by atoms with Gasteiger partial charge in [0, 0.05) is 37.5 Å². The van der Waals surface area contributed by atoms with E-state index >= 15 is 0 Å². The van der Waals surface area contributed by atoms with Crippen molar-refractivity contribution in [2.45, 2.75) is 32.2 Å². The Kier molecular flexibility index (Phi) is 4.96. The standard InChI is InChI=1S/C18H23N3OS2/c22-18(14-4-1-2-5-14)21-9-7-20(8-10-21)12-17-19-15(13-24-17)16-6-3-11-23-16/h3,6,11,13-14H,1-2,4-5,7-10,12H2. The lowest BCUT2D eigenvalue weighted by atomic mass is 10.1. The second-order valence-corrected chi connectivity index (χ2v) is 8.58. The van der Waals surface area contributed by atoms with Gasteiger partial charge in [-0.25, -0.2) is 4.98 Å². The zero-order valence-electron chi connectivity index (χ0n) is 13.8. The van der Waals surface area contributed by atoms with Crippen LogP contribution in [0.1, 0.15) is 30.7 Å². The van der Waals surface area contributed by atoms with Gasteiger partial charge >= 0.3 is 0 Å². The molecule has 1 amide bonds. The Balaban J connectivity index is 1.29. The molecule has 0 bridgehead atoms. The molecule has 128 valence electrons. The van der Waals surface area contributed by atoms with Gasteiger partial charge in [0.25, 0.3) is 0 Å². The van der Waals surface area contributed by atoms with E-state index in [1.54, 1.807) is 22.7 Å².